The number of nitrogens with zero attached hydrogens (tertiary/aromatic N) is 2. The highest BCUT2D eigenvalue weighted by molar-refractivity contribution is 6.30. The van der Waals surface area contributed by atoms with Gasteiger partial charge in [-0.3, -0.25) is 4.79 Å². The van der Waals surface area contributed by atoms with E-state index in [1.165, 1.54) is 6.33 Å². The number of amides is 1. The average molecular weight is 257 g/mol. The van der Waals surface area contributed by atoms with Crippen LogP contribution >= 0.6 is 11.6 Å². The molecule has 1 amide bonds. The molecular weight excluding hydrogens is 240 g/mol. The molecule has 1 aromatic rings. The fourth-order valence-electron chi connectivity index (χ4n) is 1.35. The lowest BCUT2D eigenvalue weighted by Gasteiger charge is -2.10. The summed E-state index contributed by atoms with van der Waals surface area (Å²) >= 11 is 5.94. The zero-order valence-electron chi connectivity index (χ0n) is 10.1. The molecule has 0 saturated heterocycles. The molecule has 0 fully saturated rings. The summed E-state index contributed by atoms with van der Waals surface area (Å²) in [5, 5.41) is 6.17. The number of carbonyl (C=O) groups excluding carboxylic acids is 1. The van der Waals surface area contributed by atoms with E-state index in [0.717, 1.165) is 18.4 Å². The van der Waals surface area contributed by atoms with Crippen LogP contribution in [0.5, 0.6) is 0 Å². The van der Waals surface area contributed by atoms with Crippen LogP contribution in [0.1, 0.15) is 25.8 Å². The summed E-state index contributed by atoms with van der Waals surface area (Å²) in [5.74, 6) is 0.572. The third-order valence-corrected chi connectivity index (χ3v) is 2.56. The van der Waals surface area contributed by atoms with Crippen LogP contribution in [0.25, 0.3) is 0 Å². The molecule has 1 aromatic heterocycles. The van der Waals surface area contributed by atoms with Gasteiger partial charge in [-0.2, -0.15) is 0 Å². The number of halogens is 1. The summed E-state index contributed by atoms with van der Waals surface area (Å²) in [6.45, 7) is 4.85. The van der Waals surface area contributed by atoms with E-state index in [0.29, 0.717) is 17.5 Å². The largest absolute Gasteiger partial charge is 0.361 e. The van der Waals surface area contributed by atoms with Crippen LogP contribution in [-0.4, -0.2) is 29.0 Å². The van der Waals surface area contributed by atoms with E-state index in [9.17, 15) is 4.79 Å². The predicted molar refractivity (Wildman–Crippen MR) is 68.2 cm³/mol. The fraction of sp³-hybridized carbons (Fsp3) is 0.545. The summed E-state index contributed by atoms with van der Waals surface area (Å²) in [5.41, 5.74) is 0.831. The fourth-order valence-corrected chi connectivity index (χ4v) is 1.61. The highest BCUT2D eigenvalue weighted by atomic mass is 35.5. The van der Waals surface area contributed by atoms with Gasteiger partial charge in [0.05, 0.1) is 6.54 Å². The number of carbonyl (C=O) groups is 1. The Bertz CT molecular complexity index is 384. The SMILES string of the molecule is CCCNC(=O)CNc1ncnc(Cl)c1CC. The van der Waals surface area contributed by atoms with Crippen LogP contribution in [-0.2, 0) is 11.2 Å². The van der Waals surface area contributed by atoms with Crippen molar-refractivity contribution in [1.82, 2.24) is 15.3 Å². The van der Waals surface area contributed by atoms with Crippen LogP contribution in [0.2, 0.25) is 5.15 Å². The highest BCUT2D eigenvalue weighted by Gasteiger charge is 2.08. The van der Waals surface area contributed by atoms with Crippen molar-refractivity contribution in [1.29, 1.82) is 0 Å². The van der Waals surface area contributed by atoms with Crippen LogP contribution in [0, 0.1) is 0 Å². The molecule has 0 aliphatic carbocycles. The Kier molecular flexibility index (Phi) is 5.69. The molecule has 0 aliphatic rings. The number of aromatic nitrogens is 2. The summed E-state index contributed by atoms with van der Waals surface area (Å²) in [4.78, 5) is 19.4. The minimum absolute atomic E-state index is 0.0522. The monoisotopic (exact) mass is 256 g/mol. The summed E-state index contributed by atoms with van der Waals surface area (Å²) in [6.07, 6.45) is 3.03. The molecule has 0 radical (unpaired) electrons. The third kappa shape index (κ3) is 4.19. The molecule has 0 atom stereocenters. The van der Waals surface area contributed by atoms with Crippen molar-refractivity contribution in [2.45, 2.75) is 26.7 Å². The third-order valence-electron chi connectivity index (χ3n) is 2.23. The zero-order valence-corrected chi connectivity index (χ0v) is 10.8. The molecule has 1 heterocycles. The molecule has 5 nitrogen and oxygen atoms in total. The van der Waals surface area contributed by atoms with Gasteiger partial charge in [0.2, 0.25) is 5.91 Å². The molecule has 6 heteroatoms. The van der Waals surface area contributed by atoms with Gasteiger partial charge in [-0.25, -0.2) is 9.97 Å². The average Bonchev–Trinajstić information content (AvgIpc) is 2.33. The molecule has 1 rings (SSSR count). The van der Waals surface area contributed by atoms with E-state index >= 15 is 0 Å². The van der Waals surface area contributed by atoms with Gasteiger partial charge in [0.25, 0.3) is 0 Å². The topological polar surface area (TPSA) is 66.9 Å². The lowest BCUT2D eigenvalue weighted by Crippen LogP contribution is -2.30. The number of hydrogen-bond acceptors (Lipinski definition) is 4. The van der Waals surface area contributed by atoms with E-state index in [-0.39, 0.29) is 12.5 Å². The van der Waals surface area contributed by atoms with Gasteiger partial charge in [-0.15, -0.1) is 0 Å². The van der Waals surface area contributed by atoms with Gasteiger partial charge < -0.3 is 10.6 Å². The summed E-state index contributed by atoms with van der Waals surface area (Å²) in [7, 11) is 0. The Morgan fingerprint density at radius 1 is 1.41 bits per heavy atom. The second-order valence-electron chi connectivity index (χ2n) is 3.55. The van der Waals surface area contributed by atoms with Crippen LogP contribution in [0.3, 0.4) is 0 Å². The first-order valence-electron chi connectivity index (χ1n) is 5.69. The van der Waals surface area contributed by atoms with Crippen molar-refractivity contribution in [2.75, 3.05) is 18.4 Å². The Labute approximate surface area is 106 Å². The van der Waals surface area contributed by atoms with E-state index in [2.05, 4.69) is 20.6 Å². The Morgan fingerprint density at radius 2 is 2.18 bits per heavy atom. The molecule has 94 valence electrons. The summed E-state index contributed by atoms with van der Waals surface area (Å²) < 4.78 is 0. The van der Waals surface area contributed by atoms with Gasteiger partial charge in [0.15, 0.2) is 0 Å². The lowest BCUT2D eigenvalue weighted by molar-refractivity contribution is -0.119. The quantitative estimate of drug-likeness (QED) is 0.760. The minimum atomic E-state index is -0.0522. The van der Waals surface area contributed by atoms with E-state index in [1.807, 2.05) is 13.8 Å². The van der Waals surface area contributed by atoms with Gasteiger partial charge in [0, 0.05) is 12.1 Å². The first-order valence-corrected chi connectivity index (χ1v) is 6.06. The lowest BCUT2D eigenvalue weighted by atomic mass is 10.2. The Morgan fingerprint density at radius 3 is 2.82 bits per heavy atom. The molecule has 17 heavy (non-hydrogen) atoms. The molecule has 0 saturated carbocycles. The maximum Gasteiger partial charge on any atom is 0.239 e. The van der Waals surface area contributed by atoms with Gasteiger partial charge in [-0.1, -0.05) is 25.4 Å². The smallest absolute Gasteiger partial charge is 0.239 e. The van der Waals surface area contributed by atoms with Crippen molar-refractivity contribution in [3.05, 3.63) is 17.0 Å². The first kappa shape index (κ1) is 13.7. The standard InChI is InChI=1S/C11H17ClN4O/c1-3-5-13-9(17)6-14-11-8(4-2)10(12)15-7-16-11/h7H,3-6H2,1-2H3,(H,13,17)(H,14,15,16). The van der Waals surface area contributed by atoms with Gasteiger partial charge in [-0.05, 0) is 12.8 Å². The molecule has 0 aromatic carbocycles. The van der Waals surface area contributed by atoms with Crippen LogP contribution in [0.15, 0.2) is 6.33 Å². The minimum Gasteiger partial charge on any atom is -0.361 e. The molecule has 0 spiro atoms. The molecule has 2 N–H and O–H groups in total. The molecular formula is C11H17ClN4O. The Hall–Kier alpha value is -1.36. The number of anilines is 1. The zero-order chi connectivity index (χ0) is 12.7. The van der Waals surface area contributed by atoms with Gasteiger partial charge in [0.1, 0.15) is 17.3 Å². The van der Waals surface area contributed by atoms with E-state index in [4.69, 9.17) is 11.6 Å². The molecule has 0 aliphatic heterocycles. The second kappa shape index (κ2) is 7.06. The van der Waals surface area contributed by atoms with Gasteiger partial charge >= 0.3 is 0 Å². The van der Waals surface area contributed by atoms with Crippen molar-refractivity contribution >= 4 is 23.3 Å². The van der Waals surface area contributed by atoms with Crippen molar-refractivity contribution < 1.29 is 4.79 Å². The van der Waals surface area contributed by atoms with E-state index in [1.54, 1.807) is 0 Å². The van der Waals surface area contributed by atoms with Crippen molar-refractivity contribution in [2.24, 2.45) is 0 Å². The number of hydrogen-bond donors (Lipinski definition) is 2. The molecule has 0 bridgehead atoms. The predicted octanol–water partition coefficient (Wildman–Crippen LogP) is 1.63. The summed E-state index contributed by atoms with van der Waals surface area (Å²) in [6, 6.07) is 0. The van der Waals surface area contributed by atoms with Crippen LogP contribution < -0.4 is 10.6 Å². The second-order valence-corrected chi connectivity index (χ2v) is 3.91. The number of nitrogens with one attached hydrogen (secondary N) is 2. The maximum atomic E-state index is 11.4. The Balaban J connectivity index is 2.57. The normalized spacial score (nSPS) is 10.1. The highest BCUT2D eigenvalue weighted by Crippen LogP contribution is 2.19. The number of rotatable bonds is 6. The van der Waals surface area contributed by atoms with Crippen LogP contribution in [0.4, 0.5) is 5.82 Å². The van der Waals surface area contributed by atoms with Crippen molar-refractivity contribution in [3.8, 4) is 0 Å². The maximum absolute atomic E-state index is 11.4. The van der Waals surface area contributed by atoms with Crippen molar-refractivity contribution in [3.63, 3.8) is 0 Å². The molecule has 0 unspecified atom stereocenters. The van der Waals surface area contributed by atoms with E-state index < -0.39 is 0 Å². The first-order chi connectivity index (χ1) is 8.19.